The van der Waals surface area contributed by atoms with Crippen molar-refractivity contribution in [3.63, 3.8) is 0 Å². The van der Waals surface area contributed by atoms with Gasteiger partial charge in [0.2, 0.25) is 0 Å². The molecule has 8 aromatic carbocycles. The van der Waals surface area contributed by atoms with Crippen LogP contribution in [0.1, 0.15) is 22.3 Å². The molecule has 0 spiro atoms. The maximum absolute atomic E-state index is 3.38. The first kappa shape index (κ1) is 31.5. The Morgan fingerprint density at radius 1 is 0.308 bits per heavy atom. The standard InChI is InChI=1S/C50H37NSi/c1-7-23-39(24-8-1)47-48(40-25-9-2-10-26-40)50(42-29-13-4-14-30-42)52(44-34-17-6-18-35-44,49(47)41-27-11-3-12-28-41)51(43-32-15-5-16-33-43)46-37-21-31-38-22-19-20-36-45(38)46/h1-37H. The molecule has 0 atom stereocenters. The van der Waals surface area contributed by atoms with Crippen LogP contribution in [0, 0.1) is 0 Å². The quantitative estimate of drug-likeness (QED) is 0.145. The highest BCUT2D eigenvalue weighted by Crippen LogP contribution is 2.59. The molecule has 52 heavy (non-hydrogen) atoms. The van der Waals surface area contributed by atoms with Gasteiger partial charge in [0.1, 0.15) is 0 Å². The van der Waals surface area contributed by atoms with Crippen molar-refractivity contribution < 1.29 is 0 Å². The summed E-state index contributed by atoms with van der Waals surface area (Å²) in [6.45, 7) is 0. The van der Waals surface area contributed by atoms with Crippen LogP contribution < -0.4 is 9.75 Å². The first-order valence-corrected chi connectivity index (χ1v) is 19.9. The molecule has 0 aromatic heterocycles. The number of benzene rings is 8. The van der Waals surface area contributed by atoms with Gasteiger partial charge in [0, 0.05) is 16.8 Å². The molecular weight excluding hydrogens is 643 g/mol. The normalized spacial score (nSPS) is 13.8. The molecule has 1 heterocycles. The Kier molecular flexibility index (Phi) is 8.28. The second kappa shape index (κ2) is 13.7. The van der Waals surface area contributed by atoms with Crippen LogP contribution >= 0.6 is 0 Å². The fourth-order valence-corrected chi connectivity index (χ4v) is 14.0. The Morgan fingerprint density at radius 3 is 1.19 bits per heavy atom. The van der Waals surface area contributed by atoms with E-state index in [4.69, 9.17) is 0 Å². The van der Waals surface area contributed by atoms with E-state index in [2.05, 4.69) is 229 Å². The van der Waals surface area contributed by atoms with Gasteiger partial charge in [-0.2, -0.15) is 0 Å². The summed E-state index contributed by atoms with van der Waals surface area (Å²) in [4.78, 5) is 0. The monoisotopic (exact) mass is 679 g/mol. The van der Waals surface area contributed by atoms with Gasteiger partial charge < -0.3 is 4.57 Å². The van der Waals surface area contributed by atoms with Crippen molar-refractivity contribution in [3.05, 3.63) is 247 Å². The second-order valence-electron chi connectivity index (χ2n) is 13.2. The van der Waals surface area contributed by atoms with Gasteiger partial charge in [-0.05, 0) is 72.6 Å². The summed E-state index contributed by atoms with van der Waals surface area (Å²) in [5.41, 5.74) is 9.83. The van der Waals surface area contributed by atoms with Crippen molar-refractivity contribution in [2.24, 2.45) is 0 Å². The lowest BCUT2D eigenvalue weighted by Gasteiger charge is -2.46. The molecule has 8 aromatic rings. The maximum atomic E-state index is 2.77. The third-order valence-electron chi connectivity index (χ3n) is 10.3. The van der Waals surface area contributed by atoms with Crippen molar-refractivity contribution in [2.75, 3.05) is 4.57 Å². The first-order valence-electron chi connectivity index (χ1n) is 18.0. The van der Waals surface area contributed by atoms with Crippen molar-refractivity contribution in [1.82, 2.24) is 0 Å². The third-order valence-corrected chi connectivity index (χ3v) is 15.1. The lowest BCUT2D eigenvalue weighted by Crippen LogP contribution is -2.62. The second-order valence-corrected chi connectivity index (χ2v) is 16.7. The van der Waals surface area contributed by atoms with Gasteiger partial charge >= 0.3 is 0 Å². The summed E-state index contributed by atoms with van der Waals surface area (Å²) in [6, 6.07) is 82.6. The molecule has 0 fully saturated rings. The maximum Gasteiger partial charge on any atom is 0.260 e. The van der Waals surface area contributed by atoms with Crippen LogP contribution in [0.4, 0.5) is 11.4 Å². The number of hydrogen-bond donors (Lipinski definition) is 0. The molecule has 1 aliphatic rings. The van der Waals surface area contributed by atoms with E-state index in [0.717, 1.165) is 5.69 Å². The minimum absolute atomic E-state index is 1.16. The molecule has 0 saturated heterocycles. The van der Waals surface area contributed by atoms with Crippen LogP contribution in [-0.4, -0.2) is 8.24 Å². The van der Waals surface area contributed by atoms with Crippen molar-refractivity contribution in [3.8, 4) is 0 Å². The van der Waals surface area contributed by atoms with Crippen LogP contribution in [0.15, 0.2) is 224 Å². The van der Waals surface area contributed by atoms with Crippen LogP contribution in [-0.2, 0) is 0 Å². The van der Waals surface area contributed by atoms with E-state index in [1.807, 2.05) is 0 Å². The SMILES string of the molecule is c1ccc(C2=C(c3ccccc3)[Si](c3ccccc3)(N(c3ccccc3)c3cccc4ccccc34)C(c3ccccc3)=C2c2ccccc2)cc1. The molecule has 246 valence electrons. The van der Waals surface area contributed by atoms with Gasteiger partial charge in [-0.3, -0.25) is 0 Å². The molecule has 0 bridgehead atoms. The molecule has 0 unspecified atom stereocenters. The number of hydrogen-bond acceptors (Lipinski definition) is 1. The van der Waals surface area contributed by atoms with E-state index in [1.54, 1.807) is 0 Å². The summed E-state index contributed by atoms with van der Waals surface area (Å²) >= 11 is 0. The minimum atomic E-state index is -3.38. The molecule has 2 heteroatoms. The first-order chi connectivity index (χ1) is 25.9. The van der Waals surface area contributed by atoms with E-state index in [0.29, 0.717) is 0 Å². The van der Waals surface area contributed by atoms with Crippen LogP contribution in [0.5, 0.6) is 0 Å². The van der Waals surface area contributed by atoms with Gasteiger partial charge in [-0.15, -0.1) is 0 Å². The molecule has 0 saturated carbocycles. The molecule has 0 radical (unpaired) electrons. The number of rotatable bonds is 8. The number of allylic oxidation sites excluding steroid dienone is 2. The summed E-state index contributed by atoms with van der Waals surface area (Å²) in [7, 11) is -3.38. The minimum Gasteiger partial charge on any atom is -0.356 e. The smallest absolute Gasteiger partial charge is 0.260 e. The number of fused-ring (bicyclic) bond motifs is 1. The molecule has 0 N–H and O–H groups in total. The molecule has 0 amide bonds. The molecular formula is C50H37NSi. The Balaban J connectivity index is 1.59. The van der Waals surface area contributed by atoms with Crippen LogP contribution in [0.2, 0.25) is 0 Å². The van der Waals surface area contributed by atoms with E-state index in [-0.39, 0.29) is 0 Å². The third kappa shape index (κ3) is 5.24. The number of para-hydroxylation sites is 1. The molecule has 1 nitrogen and oxygen atoms in total. The van der Waals surface area contributed by atoms with Gasteiger partial charge in [0.15, 0.2) is 0 Å². The number of anilines is 2. The fourth-order valence-electron chi connectivity index (χ4n) is 8.25. The highest BCUT2D eigenvalue weighted by Gasteiger charge is 2.57. The average Bonchev–Trinajstić information content (AvgIpc) is 3.55. The van der Waals surface area contributed by atoms with Gasteiger partial charge in [0.05, 0.1) is 0 Å². The van der Waals surface area contributed by atoms with Crippen molar-refractivity contribution in [1.29, 1.82) is 0 Å². The van der Waals surface area contributed by atoms with Gasteiger partial charge in [-0.1, -0.05) is 206 Å². The van der Waals surface area contributed by atoms with E-state index in [9.17, 15) is 0 Å². The molecule has 0 aliphatic carbocycles. The van der Waals surface area contributed by atoms with E-state index >= 15 is 0 Å². The number of nitrogens with zero attached hydrogens (tertiary/aromatic N) is 1. The van der Waals surface area contributed by atoms with E-state index in [1.165, 1.54) is 65.4 Å². The van der Waals surface area contributed by atoms with Crippen LogP contribution in [0.3, 0.4) is 0 Å². The highest BCUT2D eigenvalue weighted by atomic mass is 28.3. The Hall–Kier alpha value is -6.48. The summed E-state index contributed by atoms with van der Waals surface area (Å²) < 4.78 is 2.77. The van der Waals surface area contributed by atoms with Crippen LogP contribution in [0.25, 0.3) is 32.3 Å². The Labute approximate surface area is 307 Å². The zero-order valence-electron chi connectivity index (χ0n) is 28.8. The topological polar surface area (TPSA) is 3.24 Å². The Bertz CT molecular complexity index is 2420. The summed E-state index contributed by atoms with van der Waals surface area (Å²) in [6.07, 6.45) is 0. The van der Waals surface area contributed by atoms with E-state index < -0.39 is 8.24 Å². The summed E-state index contributed by atoms with van der Waals surface area (Å²) in [5.74, 6) is 0. The zero-order valence-corrected chi connectivity index (χ0v) is 29.8. The highest BCUT2D eigenvalue weighted by molar-refractivity contribution is 7.24. The van der Waals surface area contributed by atoms with Crippen molar-refractivity contribution in [2.45, 2.75) is 0 Å². The molecule has 9 rings (SSSR count). The Morgan fingerprint density at radius 2 is 0.692 bits per heavy atom. The average molecular weight is 680 g/mol. The van der Waals surface area contributed by atoms with Gasteiger partial charge in [0.25, 0.3) is 8.24 Å². The zero-order chi connectivity index (χ0) is 34.7. The van der Waals surface area contributed by atoms with Crippen molar-refractivity contribution >= 4 is 57.1 Å². The lowest BCUT2D eigenvalue weighted by molar-refractivity contribution is 1.38. The lowest BCUT2D eigenvalue weighted by atomic mass is 9.89. The van der Waals surface area contributed by atoms with Gasteiger partial charge in [-0.25, -0.2) is 0 Å². The molecule has 1 aliphatic heterocycles. The fraction of sp³-hybridized carbons (Fsp3) is 0. The predicted octanol–water partition coefficient (Wildman–Crippen LogP) is 12.1. The summed E-state index contributed by atoms with van der Waals surface area (Å²) in [5, 5.41) is 6.52. The largest absolute Gasteiger partial charge is 0.356 e. The predicted molar refractivity (Wildman–Crippen MR) is 224 cm³/mol.